The number of fused-ring (bicyclic) bond motifs is 1. The summed E-state index contributed by atoms with van der Waals surface area (Å²) >= 11 is 0. The highest BCUT2D eigenvalue weighted by Crippen LogP contribution is 2.19. The summed E-state index contributed by atoms with van der Waals surface area (Å²) in [4.78, 5) is 12.4. The van der Waals surface area contributed by atoms with Crippen molar-refractivity contribution in [2.45, 2.75) is 13.5 Å². The third-order valence-electron chi connectivity index (χ3n) is 3.64. The quantitative estimate of drug-likeness (QED) is 0.679. The van der Waals surface area contributed by atoms with Crippen molar-refractivity contribution in [2.24, 2.45) is 0 Å². The number of carbonyl (C=O) groups is 1. The van der Waals surface area contributed by atoms with E-state index in [2.05, 4.69) is 25.1 Å². The van der Waals surface area contributed by atoms with Crippen LogP contribution >= 0.6 is 0 Å². The van der Waals surface area contributed by atoms with E-state index >= 15 is 0 Å². The maximum atomic E-state index is 12.4. The summed E-state index contributed by atoms with van der Waals surface area (Å²) in [5, 5.41) is 1.15. The number of ether oxygens (including phenoxy) is 1. The number of hydrogen-bond acceptors (Lipinski definition) is 2. The minimum Gasteiger partial charge on any atom is -0.497 e. The standard InChI is InChI=1S/C18H17NO2/c1-13-6-7-14-8-9-19(17(14)10-13)12-18(20)15-4-3-5-16(11-15)21-2/h3-11H,12H2,1-2H3. The fourth-order valence-corrected chi connectivity index (χ4v) is 2.47. The summed E-state index contributed by atoms with van der Waals surface area (Å²) in [5.74, 6) is 0.780. The lowest BCUT2D eigenvalue weighted by Gasteiger charge is -2.07. The predicted molar refractivity (Wildman–Crippen MR) is 84.0 cm³/mol. The topological polar surface area (TPSA) is 31.2 Å². The Bertz CT molecular complexity index is 802. The smallest absolute Gasteiger partial charge is 0.182 e. The molecule has 3 nitrogen and oxygen atoms in total. The average molecular weight is 279 g/mol. The number of ketones is 1. The van der Waals surface area contributed by atoms with Crippen LogP contribution in [-0.2, 0) is 6.54 Å². The molecule has 21 heavy (non-hydrogen) atoms. The van der Waals surface area contributed by atoms with E-state index in [1.54, 1.807) is 13.2 Å². The predicted octanol–water partition coefficient (Wildman–Crippen LogP) is 3.84. The van der Waals surface area contributed by atoms with Crippen molar-refractivity contribution in [1.82, 2.24) is 4.57 Å². The van der Waals surface area contributed by atoms with Gasteiger partial charge in [0.25, 0.3) is 0 Å². The van der Waals surface area contributed by atoms with Gasteiger partial charge in [-0.05, 0) is 42.1 Å². The van der Waals surface area contributed by atoms with Crippen LogP contribution in [0.2, 0.25) is 0 Å². The van der Waals surface area contributed by atoms with E-state index in [0.717, 1.165) is 10.9 Å². The number of Topliss-reactive ketones (excluding diaryl/α,β-unsaturated/α-hetero) is 1. The van der Waals surface area contributed by atoms with Gasteiger partial charge in [-0.1, -0.05) is 24.3 Å². The third-order valence-corrected chi connectivity index (χ3v) is 3.64. The average Bonchev–Trinajstić information content (AvgIpc) is 2.89. The lowest BCUT2D eigenvalue weighted by molar-refractivity contribution is 0.0973. The molecule has 0 bridgehead atoms. The number of aromatic nitrogens is 1. The summed E-state index contributed by atoms with van der Waals surface area (Å²) in [6.45, 7) is 2.39. The first kappa shape index (κ1) is 13.4. The molecule has 0 fully saturated rings. The molecule has 1 aromatic heterocycles. The lowest BCUT2D eigenvalue weighted by Crippen LogP contribution is -2.09. The summed E-state index contributed by atoms with van der Waals surface area (Å²) in [6.07, 6.45) is 1.96. The first-order valence-electron chi connectivity index (χ1n) is 6.90. The molecule has 106 valence electrons. The van der Waals surface area contributed by atoms with Crippen molar-refractivity contribution in [3.8, 4) is 5.75 Å². The van der Waals surface area contributed by atoms with Crippen LogP contribution in [0.15, 0.2) is 54.7 Å². The van der Waals surface area contributed by atoms with Gasteiger partial charge in [-0.25, -0.2) is 0 Å². The number of methoxy groups -OCH3 is 1. The van der Waals surface area contributed by atoms with Crippen molar-refractivity contribution in [3.63, 3.8) is 0 Å². The van der Waals surface area contributed by atoms with E-state index in [0.29, 0.717) is 17.9 Å². The maximum Gasteiger partial charge on any atom is 0.182 e. The maximum absolute atomic E-state index is 12.4. The molecule has 0 saturated heterocycles. The molecule has 3 rings (SSSR count). The van der Waals surface area contributed by atoms with Gasteiger partial charge in [-0.2, -0.15) is 0 Å². The highest BCUT2D eigenvalue weighted by molar-refractivity contribution is 5.97. The van der Waals surface area contributed by atoms with Gasteiger partial charge in [0.05, 0.1) is 13.7 Å². The fraction of sp³-hybridized carbons (Fsp3) is 0.167. The van der Waals surface area contributed by atoms with Crippen LogP contribution in [0.5, 0.6) is 5.75 Å². The fourth-order valence-electron chi connectivity index (χ4n) is 2.47. The number of carbonyl (C=O) groups excluding carboxylic acids is 1. The van der Waals surface area contributed by atoms with Crippen LogP contribution < -0.4 is 4.74 Å². The molecule has 0 aliphatic heterocycles. The van der Waals surface area contributed by atoms with E-state index in [4.69, 9.17) is 4.74 Å². The monoisotopic (exact) mass is 279 g/mol. The van der Waals surface area contributed by atoms with Gasteiger partial charge in [0.1, 0.15) is 5.75 Å². The number of rotatable bonds is 4. The van der Waals surface area contributed by atoms with E-state index in [-0.39, 0.29) is 5.78 Å². The number of hydrogen-bond donors (Lipinski definition) is 0. The summed E-state index contributed by atoms with van der Waals surface area (Å²) < 4.78 is 7.16. The zero-order valence-electron chi connectivity index (χ0n) is 12.2. The summed E-state index contributed by atoms with van der Waals surface area (Å²) in [6, 6.07) is 15.6. The Labute approximate surface area is 123 Å². The Kier molecular flexibility index (Phi) is 3.48. The van der Waals surface area contributed by atoms with Crippen molar-refractivity contribution in [3.05, 3.63) is 65.9 Å². The second kappa shape index (κ2) is 5.44. The van der Waals surface area contributed by atoms with Gasteiger partial charge in [0.15, 0.2) is 5.78 Å². The molecule has 0 N–H and O–H groups in total. The zero-order valence-corrected chi connectivity index (χ0v) is 12.2. The molecular weight excluding hydrogens is 262 g/mol. The Morgan fingerprint density at radius 3 is 2.81 bits per heavy atom. The van der Waals surface area contributed by atoms with Crippen LogP contribution in [0.3, 0.4) is 0 Å². The minimum atomic E-state index is 0.0768. The molecule has 0 saturated carbocycles. The number of benzene rings is 2. The lowest BCUT2D eigenvalue weighted by atomic mass is 10.1. The molecular formula is C18H17NO2. The normalized spacial score (nSPS) is 10.8. The van der Waals surface area contributed by atoms with Gasteiger partial charge in [-0.15, -0.1) is 0 Å². The second-order valence-electron chi connectivity index (χ2n) is 5.16. The van der Waals surface area contributed by atoms with E-state index in [1.165, 1.54) is 5.56 Å². The van der Waals surface area contributed by atoms with Gasteiger partial charge in [0.2, 0.25) is 0 Å². The van der Waals surface area contributed by atoms with Gasteiger partial charge >= 0.3 is 0 Å². The molecule has 0 aliphatic rings. The Hall–Kier alpha value is -2.55. The first-order valence-corrected chi connectivity index (χ1v) is 6.90. The van der Waals surface area contributed by atoms with Gasteiger partial charge < -0.3 is 9.30 Å². The molecule has 3 heteroatoms. The number of nitrogens with zero attached hydrogens (tertiary/aromatic N) is 1. The Balaban J connectivity index is 1.90. The highest BCUT2D eigenvalue weighted by Gasteiger charge is 2.10. The van der Waals surface area contributed by atoms with Crippen LogP contribution in [-0.4, -0.2) is 17.5 Å². The molecule has 0 aliphatic carbocycles. The van der Waals surface area contributed by atoms with Crippen LogP contribution in [0.1, 0.15) is 15.9 Å². The molecule has 3 aromatic rings. The third kappa shape index (κ3) is 2.68. The first-order chi connectivity index (χ1) is 10.2. The summed E-state index contributed by atoms with van der Waals surface area (Å²) in [5.41, 5.74) is 2.95. The Morgan fingerprint density at radius 1 is 1.14 bits per heavy atom. The van der Waals surface area contributed by atoms with Crippen molar-refractivity contribution in [2.75, 3.05) is 7.11 Å². The van der Waals surface area contributed by atoms with Gasteiger partial charge in [0, 0.05) is 17.3 Å². The van der Waals surface area contributed by atoms with E-state index < -0.39 is 0 Å². The molecule has 0 atom stereocenters. The highest BCUT2D eigenvalue weighted by atomic mass is 16.5. The number of aryl methyl sites for hydroxylation is 1. The van der Waals surface area contributed by atoms with E-state index in [9.17, 15) is 4.79 Å². The Morgan fingerprint density at radius 2 is 2.00 bits per heavy atom. The molecule has 0 unspecified atom stereocenters. The van der Waals surface area contributed by atoms with Gasteiger partial charge in [-0.3, -0.25) is 4.79 Å². The van der Waals surface area contributed by atoms with Crippen molar-refractivity contribution >= 4 is 16.7 Å². The minimum absolute atomic E-state index is 0.0768. The summed E-state index contributed by atoms with van der Waals surface area (Å²) in [7, 11) is 1.60. The zero-order chi connectivity index (χ0) is 14.8. The second-order valence-corrected chi connectivity index (χ2v) is 5.16. The van der Waals surface area contributed by atoms with Crippen LogP contribution in [0.25, 0.3) is 10.9 Å². The molecule has 0 radical (unpaired) electrons. The van der Waals surface area contributed by atoms with Crippen molar-refractivity contribution < 1.29 is 9.53 Å². The molecule has 2 aromatic carbocycles. The largest absolute Gasteiger partial charge is 0.497 e. The van der Waals surface area contributed by atoms with Crippen molar-refractivity contribution in [1.29, 1.82) is 0 Å². The SMILES string of the molecule is COc1cccc(C(=O)Cn2ccc3ccc(C)cc32)c1. The van der Waals surface area contributed by atoms with Crippen LogP contribution in [0.4, 0.5) is 0 Å². The van der Waals surface area contributed by atoms with Crippen LogP contribution in [0, 0.1) is 6.92 Å². The van der Waals surface area contributed by atoms with E-state index in [1.807, 2.05) is 35.0 Å². The molecule has 0 amide bonds. The molecule has 1 heterocycles. The molecule has 0 spiro atoms.